The molecule has 1 aliphatic heterocycles. The molecule has 0 saturated heterocycles. The second-order valence-electron chi connectivity index (χ2n) is 8.97. The molecule has 0 fully saturated rings. The Kier molecular flexibility index (Phi) is 7.50. The van der Waals surface area contributed by atoms with Crippen LogP contribution in [0.2, 0.25) is 0 Å². The number of nitrogens with zero attached hydrogens (tertiary/aromatic N) is 1. The van der Waals surface area contributed by atoms with Crippen molar-refractivity contribution in [1.82, 2.24) is 0 Å². The van der Waals surface area contributed by atoms with Gasteiger partial charge in [-0.2, -0.15) is 0 Å². The molecule has 0 bridgehead atoms. The number of fused-ring (bicyclic) bond motifs is 1. The lowest BCUT2D eigenvalue weighted by atomic mass is 9.85. The van der Waals surface area contributed by atoms with Crippen LogP contribution in [0, 0.1) is 19.3 Å². The summed E-state index contributed by atoms with van der Waals surface area (Å²) in [4.78, 5) is 26.2. The van der Waals surface area contributed by atoms with Crippen LogP contribution in [-0.4, -0.2) is 30.1 Å². The van der Waals surface area contributed by atoms with E-state index in [0.717, 1.165) is 30.8 Å². The molecule has 1 heterocycles. The Morgan fingerprint density at radius 2 is 1.86 bits per heavy atom. The Morgan fingerprint density at radius 3 is 2.50 bits per heavy atom. The van der Waals surface area contributed by atoms with Gasteiger partial charge in [-0.3, -0.25) is 9.59 Å². The largest absolute Gasteiger partial charge is 0.481 e. The molecule has 0 radical (unpaired) electrons. The van der Waals surface area contributed by atoms with Crippen LogP contribution in [0.4, 0.5) is 11.4 Å². The van der Waals surface area contributed by atoms with Crippen molar-refractivity contribution in [2.45, 2.75) is 79.6 Å². The number of benzene rings is 1. The number of carboxylic acid groups (broad SMARTS) is 1. The summed E-state index contributed by atoms with van der Waals surface area (Å²) >= 11 is 0. The van der Waals surface area contributed by atoms with E-state index in [0.29, 0.717) is 0 Å². The number of hydrogen-bond acceptors (Lipinski definition) is 3. The molecule has 2 N–H and O–H groups in total. The standard InChI is InChI=1S/C23H36N2O3/c1-6-7-8-9-11-25-12-10-18-16(2)13-17(3)21(22(18)25)24-19(26)14-23(4,5)15-20(27)28/h13H,6-12,14-15H2,1-5H3,(H,24,26)(H,27,28). The molecule has 2 rings (SSSR count). The number of unbranched alkanes of at least 4 members (excludes halogenated alkanes) is 3. The minimum absolute atomic E-state index is 0.0189. The number of anilines is 2. The predicted molar refractivity (Wildman–Crippen MR) is 115 cm³/mol. The summed E-state index contributed by atoms with van der Waals surface area (Å²) in [6.45, 7) is 12.1. The summed E-state index contributed by atoms with van der Waals surface area (Å²) < 4.78 is 0. The van der Waals surface area contributed by atoms with Gasteiger partial charge in [-0.15, -0.1) is 0 Å². The van der Waals surface area contributed by atoms with E-state index >= 15 is 0 Å². The van der Waals surface area contributed by atoms with Crippen LogP contribution in [0.25, 0.3) is 0 Å². The molecule has 0 aromatic heterocycles. The van der Waals surface area contributed by atoms with Gasteiger partial charge in [0.2, 0.25) is 5.91 Å². The zero-order chi connectivity index (χ0) is 20.9. The number of nitrogens with one attached hydrogen (secondary N) is 1. The summed E-state index contributed by atoms with van der Waals surface area (Å²) in [5.74, 6) is -0.985. The maximum atomic E-state index is 12.7. The van der Waals surface area contributed by atoms with Gasteiger partial charge in [0.25, 0.3) is 0 Å². The predicted octanol–water partition coefficient (Wildman–Crippen LogP) is 5.08. The monoisotopic (exact) mass is 388 g/mol. The van der Waals surface area contributed by atoms with E-state index in [1.807, 2.05) is 20.8 Å². The summed E-state index contributed by atoms with van der Waals surface area (Å²) in [5.41, 5.74) is 5.20. The van der Waals surface area contributed by atoms with Gasteiger partial charge in [0, 0.05) is 19.5 Å². The summed E-state index contributed by atoms with van der Waals surface area (Å²) in [5, 5.41) is 12.2. The number of amides is 1. The van der Waals surface area contributed by atoms with Crippen molar-refractivity contribution in [2.24, 2.45) is 5.41 Å². The molecule has 0 aliphatic carbocycles. The molecule has 0 spiro atoms. The lowest BCUT2D eigenvalue weighted by Gasteiger charge is -2.26. The van der Waals surface area contributed by atoms with Gasteiger partial charge in [-0.1, -0.05) is 46.1 Å². The van der Waals surface area contributed by atoms with Crippen LogP contribution in [-0.2, 0) is 16.0 Å². The lowest BCUT2D eigenvalue weighted by Crippen LogP contribution is -2.27. The maximum Gasteiger partial charge on any atom is 0.303 e. The highest BCUT2D eigenvalue weighted by Gasteiger charge is 2.29. The molecular formula is C23H36N2O3. The van der Waals surface area contributed by atoms with Gasteiger partial charge in [-0.25, -0.2) is 0 Å². The average Bonchev–Trinajstić information content (AvgIpc) is 2.98. The molecule has 156 valence electrons. The molecule has 5 heteroatoms. The van der Waals surface area contributed by atoms with Crippen LogP contribution in [0.5, 0.6) is 0 Å². The van der Waals surface area contributed by atoms with E-state index in [2.05, 4.69) is 30.1 Å². The number of aryl methyl sites for hydroxylation is 2. The van der Waals surface area contributed by atoms with E-state index in [1.165, 1.54) is 42.5 Å². The smallest absolute Gasteiger partial charge is 0.303 e. The topological polar surface area (TPSA) is 69.6 Å². The molecule has 28 heavy (non-hydrogen) atoms. The van der Waals surface area contributed by atoms with Gasteiger partial charge in [-0.05, 0) is 48.8 Å². The fraction of sp³-hybridized carbons (Fsp3) is 0.652. The fourth-order valence-electron chi connectivity index (χ4n) is 4.23. The number of rotatable bonds is 10. The number of hydrogen-bond donors (Lipinski definition) is 2. The third-order valence-corrected chi connectivity index (χ3v) is 5.59. The van der Waals surface area contributed by atoms with Crippen LogP contribution in [0.15, 0.2) is 6.07 Å². The fourth-order valence-corrected chi connectivity index (χ4v) is 4.23. The summed E-state index contributed by atoms with van der Waals surface area (Å²) in [6, 6.07) is 2.15. The quantitative estimate of drug-likeness (QED) is 0.549. The zero-order valence-corrected chi connectivity index (χ0v) is 18.2. The van der Waals surface area contributed by atoms with E-state index in [1.54, 1.807) is 0 Å². The average molecular weight is 389 g/mol. The van der Waals surface area contributed by atoms with Crippen molar-refractivity contribution >= 4 is 23.3 Å². The van der Waals surface area contributed by atoms with E-state index < -0.39 is 11.4 Å². The molecule has 0 saturated carbocycles. The Balaban J connectivity index is 2.19. The minimum Gasteiger partial charge on any atom is -0.481 e. The Morgan fingerprint density at radius 1 is 1.14 bits per heavy atom. The molecular weight excluding hydrogens is 352 g/mol. The van der Waals surface area contributed by atoms with Gasteiger partial charge < -0.3 is 15.3 Å². The number of aliphatic carboxylic acids is 1. The molecule has 1 aromatic carbocycles. The van der Waals surface area contributed by atoms with E-state index in [9.17, 15) is 9.59 Å². The molecule has 1 aromatic rings. The first-order valence-electron chi connectivity index (χ1n) is 10.5. The van der Waals surface area contributed by atoms with Crippen LogP contribution in [0.3, 0.4) is 0 Å². The van der Waals surface area contributed by atoms with Crippen molar-refractivity contribution in [3.63, 3.8) is 0 Å². The van der Waals surface area contributed by atoms with E-state index in [4.69, 9.17) is 5.11 Å². The Bertz CT molecular complexity index is 725. The third-order valence-electron chi connectivity index (χ3n) is 5.59. The van der Waals surface area contributed by atoms with Gasteiger partial charge in [0.1, 0.15) is 0 Å². The SMILES string of the molecule is CCCCCCN1CCc2c(C)cc(C)c(NC(=O)CC(C)(C)CC(=O)O)c21. The van der Waals surface area contributed by atoms with Crippen LogP contribution >= 0.6 is 0 Å². The molecule has 0 atom stereocenters. The normalized spacial score (nSPS) is 13.5. The van der Waals surface area contributed by atoms with Crippen molar-refractivity contribution in [1.29, 1.82) is 0 Å². The first-order valence-corrected chi connectivity index (χ1v) is 10.5. The van der Waals surface area contributed by atoms with Crippen molar-refractivity contribution in [3.05, 3.63) is 22.8 Å². The highest BCUT2D eigenvalue weighted by molar-refractivity contribution is 5.97. The summed E-state index contributed by atoms with van der Waals surface area (Å²) in [6.07, 6.45) is 6.07. The third kappa shape index (κ3) is 5.73. The first kappa shape index (κ1) is 22.3. The zero-order valence-electron chi connectivity index (χ0n) is 18.2. The number of carbonyl (C=O) groups is 2. The van der Waals surface area contributed by atoms with Gasteiger partial charge in [0.05, 0.1) is 17.8 Å². The molecule has 1 amide bonds. The first-order chi connectivity index (χ1) is 13.1. The maximum absolute atomic E-state index is 12.7. The summed E-state index contributed by atoms with van der Waals surface area (Å²) in [7, 11) is 0. The molecule has 1 aliphatic rings. The highest BCUT2D eigenvalue weighted by Crippen LogP contribution is 2.40. The van der Waals surface area contributed by atoms with Crippen molar-refractivity contribution in [3.8, 4) is 0 Å². The van der Waals surface area contributed by atoms with E-state index in [-0.39, 0.29) is 18.7 Å². The number of carbonyl (C=O) groups excluding carboxylic acids is 1. The Labute approximate surface area is 169 Å². The Hall–Kier alpha value is -2.04. The van der Waals surface area contributed by atoms with Gasteiger partial charge in [0.15, 0.2) is 0 Å². The highest BCUT2D eigenvalue weighted by atomic mass is 16.4. The second kappa shape index (κ2) is 9.44. The molecule has 5 nitrogen and oxygen atoms in total. The van der Waals surface area contributed by atoms with Crippen LogP contribution in [0.1, 0.15) is 76.0 Å². The lowest BCUT2D eigenvalue weighted by molar-refractivity contribution is -0.139. The van der Waals surface area contributed by atoms with Gasteiger partial charge >= 0.3 is 5.97 Å². The second-order valence-corrected chi connectivity index (χ2v) is 8.97. The van der Waals surface area contributed by atoms with Crippen LogP contribution < -0.4 is 10.2 Å². The molecule has 0 unspecified atom stereocenters. The van der Waals surface area contributed by atoms with Crippen molar-refractivity contribution < 1.29 is 14.7 Å². The van der Waals surface area contributed by atoms with Crippen molar-refractivity contribution in [2.75, 3.05) is 23.3 Å². The minimum atomic E-state index is -0.872. The number of carboxylic acids is 1.